The van der Waals surface area contributed by atoms with E-state index in [0.717, 1.165) is 6.42 Å². The molecule has 31 heavy (non-hydrogen) atoms. The number of sulfonamides is 1. The molecule has 2 fully saturated rings. The smallest absolute Gasteiger partial charge is 0.269 e. The van der Waals surface area contributed by atoms with Crippen molar-refractivity contribution in [3.8, 4) is 0 Å². The SMILES string of the molecule is CCc1c(N2CCCC2=O)cccc1S(=O)(=O)N[C@@H](C)C(=O)N1CCC(=C(F)F)CC1. The Labute approximate surface area is 181 Å². The van der Waals surface area contributed by atoms with Crippen LogP contribution < -0.4 is 9.62 Å². The molecule has 1 aromatic carbocycles. The lowest BCUT2D eigenvalue weighted by Crippen LogP contribution is -2.48. The lowest BCUT2D eigenvalue weighted by molar-refractivity contribution is -0.133. The van der Waals surface area contributed by atoms with Crippen molar-refractivity contribution in [3.63, 3.8) is 0 Å². The van der Waals surface area contributed by atoms with Crippen molar-refractivity contribution < 1.29 is 26.8 Å². The first-order valence-corrected chi connectivity index (χ1v) is 11.9. The molecule has 1 atom stereocenters. The van der Waals surface area contributed by atoms with E-state index in [-0.39, 0.29) is 42.3 Å². The number of amides is 2. The summed E-state index contributed by atoms with van der Waals surface area (Å²) in [5, 5.41) is 0. The summed E-state index contributed by atoms with van der Waals surface area (Å²) < 4.78 is 54.1. The quantitative estimate of drug-likeness (QED) is 0.715. The van der Waals surface area contributed by atoms with Crippen molar-refractivity contribution in [2.75, 3.05) is 24.5 Å². The van der Waals surface area contributed by atoms with Crippen LogP contribution in [0.4, 0.5) is 14.5 Å². The maximum atomic E-state index is 13.1. The molecule has 2 heterocycles. The Morgan fingerprint density at radius 3 is 2.39 bits per heavy atom. The Morgan fingerprint density at radius 2 is 1.84 bits per heavy atom. The number of likely N-dealkylation sites (tertiary alicyclic amines) is 1. The van der Waals surface area contributed by atoms with Crippen LogP contribution in [0.3, 0.4) is 0 Å². The fraction of sp³-hybridized carbons (Fsp3) is 0.524. The number of carbonyl (C=O) groups is 2. The van der Waals surface area contributed by atoms with E-state index < -0.39 is 28.1 Å². The number of anilines is 1. The van der Waals surface area contributed by atoms with Crippen LogP contribution in [0.2, 0.25) is 0 Å². The van der Waals surface area contributed by atoms with Crippen molar-refractivity contribution in [3.05, 3.63) is 35.4 Å². The minimum atomic E-state index is -4.04. The van der Waals surface area contributed by atoms with E-state index in [4.69, 9.17) is 0 Å². The zero-order valence-electron chi connectivity index (χ0n) is 17.7. The summed E-state index contributed by atoms with van der Waals surface area (Å²) in [6.45, 7) is 4.06. The molecule has 0 radical (unpaired) electrons. The van der Waals surface area contributed by atoms with Crippen molar-refractivity contribution >= 4 is 27.5 Å². The van der Waals surface area contributed by atoms with E-state index in [1.807, 2.05) is 6.92 Å². The average Bonchev–Trinajstić information content (AvgIpc) is 3.17. The van der Waals surface area contributed by atoms with Crippen LogP contribution >= 0.6 is 0 Å². The highest BCUT2D eigenvalue weighted by atomic mass is 32.2. The Balaban J connectivity index is 1.78. The van der Waals surface area contributed by atoms with Crippen molar-refractivity contribution in [1.29, 1.82) is 0 Å². The second-order valence-corrected chi connectivity index (χ2v) is 9.47. The Morgan fingerprint density at radius 1 is 1.16 bits per heavy atom. The molecule has 0 aliphatic carbocycles. The summed E-state index contributed by atoms with van der Waals surface area (Å²) in [5.74, 6) is -0.491. The Hall–Kier alpha value is -2.33. The van der Waals surface area contributed by atoms with Gasteiger partial charge in [-0.3, -0.25) is 9.59 Å². The minimum Gasteiger partial charge on any atom is -0.341 e. The topological polar surface area (TPSA) is 86.8 Å². The average molecular weight is 456 g/mol. The molecule has 1 N–H and O–H groups in total. The molecular weight excluding hydrogens is 428 g/mol. The molecule has 10 heteroatoms. The number of benzene rings is 1. The first-order valence-electron chi connectivity index (χ1n) is 10.4. The van der Waals surface area contributed by atoms with Gasteiger partial charge in [0.05, 0.1) is 10.9 Å². The number of hydrogen-bond acceptors (Lipinski definition) is 4. The largest absolute Gasteiger partial charge is 0.341 e. The van der Waals surface area contributed by atoms with Gasteiger partial charge in [0.1, 0.15) is 0 Å². The van der Waals surface area contributed by atoms with Gasteiger partial charge in [-0.05, 0) is 55.9 Å². The first kappa shape index (κ1) is 23.3. The number of hydrogen-bond donors (Lipinski definition) is 1. The third-order valence-corrected chi connectivity index (χ3v) is 7.39. The van der Waals surface area contributed by atoms with Crippen molar-refractivity contribution in [1.82, 2.24) is 9.62 Å². The number of nitrogens with zero attached hydrogens (tertiary/aromatic N) is 2. The molecule has 1 aromatic rings. The molecular formula is C21H27F2N3O4S. The maximum Gasteiger partial charge on any atom is 0.269 e. The zero-order valence-corrected chi connectivity index (χ0v) is 18.5. The summed E-state index contributed by atoms with van der Waals surface area (Å²) in [7, 11) is -4.04. The van der Waals surface area contributed by atoms with E-state index in [0.29, 0.717) is 30.6 Å². The maximum absolute atomic E-state index is 13.1. The molecule has 0 aromatic heterocycles. The Kier molecular flexibility index (Phi) is 7.10. The molecule has 170 valence electrons. The highest BCUT2D eigenvalue weighted by Crippen LogP contribution is 2.31. The van der Waals surface area contributed by atoms with E-state index in [1.165, 1.54) is 17.9 Å². The Bertz CT molecular complexity index is 996. The fourth-order valence-electron chi connectivity index (χ4n) is 4.12. The summed E-state index contributed by atoms with van der Waals surface area (Å²) in [5.41, 5.74) is 1.14. The molecule has 0 spiro atoms. The third kappa shape index (κ3) is 4.95. The number of nitrogens with one attached hydrogen (secondary N) is 1. The van der Waals surface area contributed by atoms with Crippen LogP contribution in [0.5, 0.6) is 0 Å². The standard InChI is InChI=1S/C21H27F2N3O4S/c1-3-16-17(26-11-5-8-19(26)27)6-4-7-18(16)31(29,30)24-14(2)21(28)25-12-9-15(10-13-25)20(22)23/h4,6-7,14,24H,3,5,8-13H2,1-2H3/t14-/m0/s1. The predicted molar refractivity (Wildman–Crippen MR) is 112 cm³/mol. The van der Waals surface area contributed by atoms with Crippen LogP contribution in [-0.4, -0.2) is 50.8 Å². The van der Waals surface area contributed by atoms with Gasteiger partial charge >= 0.3 is 0 Å². The van der Waals surface area contributed by atoms with E-state index in [1.54, 1.807) is 17.0 Å². The number of carbonyl (C=O) groups excluding carboxylic acids is 2. The molecule has 0 unspecified atom stereocenters. The summed E-state index contributed by atoms with van der Waals surface area (Å²) >= 11 is 0. The van der Waals surface area contributed by atoms with Crippen molar-refractivity contribution in [2.24, 2.45) is 0 Å². The zero-order chi connectivity index (χ0) is 22.8. The van der Waals surface area contributed by atoms with E-state index >= 15 is 0 Å². The minimum absolute atomic E-state index is 0.0372. The lowest BCUT2D eigenvalue weighted by Gasteiger charge is -2.30. The molecule has 2 aliphatic rings. The molecule has 2 amide bonds. The van der Waals surface area contributed by atoms with Gasteiger partial charge in [0.25, 0.3) is 6.08 Å². The predicted octanol–water partition coefficient (Wildman–Crippen LogP) is 2.82. The van der Waals surface area contributed by atoms with Crippen molar-refractivity contribution in [2.45, 2.75) is 56.9 Å². The van der Waals surface area contributed by atoms with Gasteiger partial charge in [0.15, 0.2) is 0 Å². The molecule has 0 saturated carbocycles. The van der Waals surface area contributed by atoms with Gasteiger partial charge < -0.3 is 9.80 Å². The first-order chi connectivity index (χ1) is 14.7. The highest BCUT2D eigenvalue weighted by Gasteiger charge is 2.31. The molecule has 3 rings (SSSR count). The second kappa shape index (κ2) is 9.44. The van der Waals surface area contributed by atoms with E-state index in [9.17, 15) is 26.8 Å². The monoisotopic (exact) mass is 455 g/mol. The summed E-state index contributed by atoms with van der Waals surface area (Å²) in [6.07, 6.45) is 0.0161. The molecule has 2 aliphatic heterocycles. The number of rotatable bonds is 6. The van der Waals surface area contributed by atoms with Crippen LogP contribution in [-0.2, 0) is 26.0 Å². The molecule has 7 nitrogen and oxygen atoms in total. The number of piperidine rings is 1. The van der Waals surface area contributed by atoms with Crippen LogP contribution in [0.25, 0.3) is 0 Å². The fourth-order valence-corrected chi connectivity index (χ4v) is 5.65. The molecule has 0 bridgehead atoms. The molecule has 2 saturated heterocycles. The van der Waals surface area contributed by atoms with Gasteiger partial charge in [-0.15, -0.1) is 0 Å². The summed E-state index contributed by atoms with van der Waals surface area (Å²) in [6, 6.07) is 3.74. The van der Waals surface area contributed by atoms with Gasteiger partial charge in [-0.25, -0.2) is 8.42 Å². The second-order valence-electron chi connectivity index (χ2n) is 7.79. The van der Waals surface area contributed by atoms with Gasteiger partial charge in [-0.2, -0.15) is 13.5 Å². The lowest BCUT2D eigenvalue weighted by atomic mass is 10.0. The van der Waals surface area contributed by atoms with Gasteiger partial charge in [0, 0.05) is 31.7 Å². The van der Waals surface area contributed by atoms with Crippen LogP contribution in [0, 0.1) is 0 Å². The van der Waals surface area contributed by atoms with Crippen LogP contribution in [0.15, 0.2) is 34.7 Å². The number of halogens is 2. The van der Waals surface area contributed by atoms with Crippen LogP contribution in [0.1, 0.15) is 45.1 Å². The normalized spacial score (nSPS) is 18.5. The summed E-state index contributed by atoms with van der Waals surface area (Å²) in [4.78, 5) is 27.9. The van der Waals surface area contributed by atoms with Gasteiger partial charge in [-0.1, -0.05) is 13.0 Å². The van der Waals surface area contributed by atoms with E-state index in [2.05, 4.69) is 4.72 Å². The highest BCUT2D eigenvalue weighted by molar-refractivity contribution is 7.89. The third-order valence-electron chi connectivity index (χ3n) is 5.76. The van der Waals surface area contributed by atoms with Gasteiger partial charge in [0.2, 0.25) is 21.8 Å².